The normalized spacial score (nSPS) is 10.7. The summed E-state index contributed by atoms with van der Waals surface area (Å²) in [5, 5.41) is 31.5. The van der Waals surface area contributed by atoms with Crippen LogP contribution in [0.3, 0.4) is 0 Å². The van der Waals surface area contributed by atoms with E-state index in [0.717, 1.165) is 13.7 Å². The molecule has 0 N–H and O–H groups in total. The Morgan fingerprint density at radius 2 is 0.692 bits per heavy atom. The molecule has 0 amide bonds. The Morgan fingerprint density at radius 3 is 0.885 bits per heavy atom. The van der Waals surface area contributed by atoms with Gasteiger partial charge in [0.2, 0.25) is 0 Å². The van der Waals surface area contributed by atoms with E-state index >= 15 is 0 Å². The number of rotatable bonds is 6. The monoisotopic (exact) mass is 738 g/mol. The Balaban J connectivity index is 0.000000208. The minimum absolute atomic E-state index is 0. The average molecular weight is 739 g/mol. The van der Waals surface area contributed by atoms with Gasteiger partial charge in [0.05, 0.1) is 56.5 Å². The van der Waals surface area contributed by atoms with Crippen LogP contribution in [0.5, 0.6) is 0 Å². The molecule has 0 fully saturated rings. The first kappa shape index (κ1) is 39.8. The molecule has 0 spiro atoms. The number of hydrogen-bond acceptors (Lipinski definition) is 15. The minimum atomic E-state index is -1.49. The Labute approximate surface area is 297 Å². The van der Waals surface area contributed by atoms with Crippen molar-refractivity contribution in [1.82, 2.24) is 56.1 Å². The molecular formula is C27H27AlN12O12. The predicted octanol–water partition coefficient (Wildman–Crippen LogP) is -8.83. The van der Waals surface area contributed by atoms with Crippen LogP contribution in [-0.4, -0.2) is 91.3 Å². The molecule has 6 heterocycles. The summed E-state index contributed by atoms with van der Waals surface area (Å²) in [6.07, 6.45) is 4.15. The van der Waals surface area contributed by atoms with Gasteiger partial charge in [0.15, 0.2) is 33.5 Å². The van der Waals surface area contributed by atoms with Crippen LogP contribution in [0.15, 0.2) is 47.7 Å². The molecule has 0 radical (unpaired) electrons. The second kappa shape index (κ2) is 15.1. The van der Waals surface area contributed by atoms with Crippen molar-refractivity contribution in [3.8, 4) is 0 Å². The number of nitrogens with zero attached hydrogens (tertiary/aromatic N) is 12. The number of carbonyl (C=O) groups is 3. The molecule has 52 heavy (non-hydrogen) atoms. The maximum atomic E-state index is 11.9. The third-order valence-electron chi connectivity index (χ3n) is 7.46. The van der Waals surface area contributed by atoms with Crippen molar-refractivity contribution >= 4 is 68.8 Å². The molecule has 0 aliphatic rings. The van der Waals surface area contributed by atoms with Crippen molar-refractivity contribution in [2.75, 3.05) is 0 Å². The van der Waals surface area contributed by atoms with Crippen LogP contribution in [0, 0.1) is 0 Å². The molecule has 24 nitrogen and oxygen atoms in total. The fourth-order valence-corrected chi connectivity index (χ4v) is 4.99. The first-order chi connectivity index (χ1) is 23.8. The Hall–Kier alpha value is -6.61. The Bertz CT molecular complexity index is 2470. The van der Waals surface area contributed by atoms with Crippen LogP contribution in [0.4, 0.5) is 0 Å². The van der Waals surface area contributed by atoms with E-state index in [2.05, 4.69) is 15.0 Å². The third-order valence-corrected chi connectivity index (χ3v) is 7.46. The smallest absolute Gasteiger partial charge is 0.548 e. The number of imidazole rings is 3. The van der Waals surface area contributed by atoms with Crippen molar-refractivity contribution in [3.05, 3.63) is 81.5 Å². The van der Waals surface area contributed by atoms with Crippen molar-refractivity contribution in [2.24, 2.45) is 42.3 Å². The number of carboxylic acid groups (broad SMARTS) is 3. The van der Waals surface area contributed by atoms with Gasteiger partial charge in [-0.1, -0.05) is 0 Å². The molecule has 6 aromatic heterocycles. The summed E-state index contributed by atoms with van der Waals surface area (Å²) in [7, 11) is 9.02. The van der Waals surface area contributed by atoms with Crippen LogP contribution >= 0.6 is 0 Å². The number of carbonyl (C=O) groups excluding carboxylic acids is 3. The molecule has 0 atom stereocenters. The van der Waals surface area contributed by atoms with Gasteiger partial charge in [-0.25, -0.2) is 29.3 Å². The number of hydrogen-bond donors (Lipinski definition) is 0. The molecule has 0 aliphatic carbocycles. The molecular weight excluding hydrogens is 711 g/mol. The summed E-state index contributed by atoms with van der Waals surface area (Å²) in [5.41, 5.74) is -3.07. The zero-order valence-electron chi connectivity index (χ0n) is 28.2. The van der Waals surface area contributed by atoms with Crippen molar-refractivity contribution < 1.29 is 29.7 Å². The topological polar surface area (TPSA) is 306 Å². The van der Waals surface area contributed by atoms with E-state index in [4.69, 9.17) is 0 Å². The van der Waals surface area contributed by atoms with Gasteiger partial charge in [-0.2, -0.15) is 0 Å². The van der Waals surface area contributed by atoms with E-state index in [9.17, 15) is 58.5 Å². The summed E-state index contributed by atoms with van der Waals surface area (Å²) < 4.78 is 9.51. The molecule has 25 heteroatoms. The number of carboxylic acids is 3. The second-order valence-corrected chi connectivity index (χ2v) is 10.9. The number of aromatic nitrogens is 12. The van der Waals surface area contributed by atoms with Gasteiger partial charge in [-0.3, -0.25) is 41.8 Å². The standard InChI is InChI=1S/3C9H10N4O4.Al/c3*1-11-4-10-7-6(11)8(16)13(3-5(14)15)9(17)12(7)2;/h3*4H,3H2,1-2H3,(H,14,15);/q;;;+3/p-3. The average Bonchev–Trinajstić information content (AvgIpc) is 3.77. The van der Waals surface area contributed by atoms with Crippen LogP contribution < -0.4 is 49.1 Å². The summed E-state index contributed by atoms with van der Waals surface area (Å²) in [6, 6.07) is 0. The van der Waals surface area contributed by atoms with Gasteiger partial charge in [0, 0.05) is 42.3 Å². The molecule has 0 aromatic carbocycles. The van der Waals surface area contributed by atoms with E-state index in [0.29, 0.717) is 13.7 Å². The van der Waals surface area contributed by atoms with Crippen LogP contribution in [0.25, 0.3) is 33.5 Å². The summed E-state index contributed by atoms with van der Waals surface area (Å²) in [4.78, 5) is 114. The van der Waals surface area contributed by atoms with Crippen molar-refractivity contribution in [1.29, 1.82) is 0 Å². The predicted molar refractivity (Wildman–Crippen MR) is 171 cm³/mol. The molecule has 270 valence electrons. The second-order valence-electron chi connectivity index (χ2n) is 10.9. The van der Waals surface area contributed by atoms with Crippen LogP contribution in [0.1, 0.15) is 0 Å². The fraction of sp³-hybridized carbons (Fsp3) is 0.333. The van der Waals surface area contributed by atoms with Gasteiger partial charge in [0.25, 0.3) is 16.7 Å². The zero-order valence-corrected chi connectivity index (χ0v) is 29.4. The molecule has 0 saturated heterocycles. The number of aryl methyl sites for hydroxylation is 6. The van der Waals surface area contributed by atoms with Crippen LogP contribution in [-0.2, 0) is 76.3 Å². The van der Waals surface area contributed by atoms with E-state index < -0.39 is 71.3 Å². The quantitative estimate of drug-likeness (QED) is 0.143. The fourth-order valence-electron chi connectivity index (χ4n) is 4.99. The molecule has 6 aromatic rings. The van der Waals surface area contributed by atoms with E-state index in [-0.39, 0.29) is 50.9 Å². The summed E-state index contributed by atoms with van der Waals surface area (Å²) in [6.45, 7) is -2.31. The van der Waals surface area contributed by atoms with Gasteiger partial charge < -0.3 is 43.4 Å². The minimum Gasteiger partial charge on any atom is -0.548 e. The zero-order chi connectivity index (χ0) is 38.2. The first-order valence-electron chi connectivity index (χ1n) is 14.2. The number of aliphatic carboxylic acids is 3. The van der Waals surface area contributed by atoms with E-state index in [1.165, 1.54) is 53.8 Å². The van der Waals surface area contributed by atoms with Gasteiger partial charge >= 0.3 is 34.4 Å². The maximum Gasteiger partial charge on any atom is 3.00 e. The largest absolute Gasteiger partial charge is 3.00 e. The van der Waals surface area contributed by atoms with Crippen LogP contribution in [0.2, 0.25) is 0 Å². The summed E-state index contributed by atoms with van der Waals surface area (Å²) in [5.74, 6) is -4.48. The van der Waals surface area contributed by atoms with Gasteiger partial charge in [-0.05, 0) is 0 Å². The van der Waals surface area contributed by atoms with E-state index in [1.807, 2.05) is 0 Å². The molecule has 6 rings (SSSR count). The first-order valence-corrected chi connectivity index (χ1v) is 14.2. The molecule has 0 bridgehead atoms. The van der Waals surface area contributed by atoms with Gasteiger partial charge in [0.1, 0.15) is 0 Å². The summed E-state index contributed by atoms with van der Waals surface area (Å²) >= 11 is 0. The van der Waals surface area contributed by atoms with E-state index in [1.54, 1.807) is 21.1 Å². The maximum absolute atomic E-state index is 11.9. The Morgan fingerprint density at radius 1 is 0.481 bits per heavy atom. The third kappa shape index (κ3) is 7.16. The molecule has 0 unspecified atom stereocenters. The Kier molecular flexibility index (Phi) is 11.6. The van der Waals surface area contributed by atoms with Crippen molar-refractivity contribution in [3.63, 3.8) is 0 Å². The molecule has 0 saturated carbocycles. The number of fused-ring (bicyclic) bond motifs is 3. The van der Waals surface area contributed by atoms with Crippen molar-refractivity contribution in [2.45, 2.75) is 19.6 Å². The molecule has 0 aliphatic heterocycles. The van der Waals surface area contributed by atoms with Gasteiger partial charge in [-0.15, -0.1) is 0 Å². The SMILES string of the molecule is Cn1cnc2c1c(=O)n(CC(=O)[O-])c(=O)n2C.Cn1cnc2c1c(=O)n(CC(=O)[O-])c(=O)n2C.Cn1cnc2c1c(=O)n(CC(=O)[O-])c(=O)n2C.[Al+3].